The first-order chi connectivity index (χ1) is 8.11. The molecule has 17 heavy (non-hydrogen) atoms. The number of benzene rings is 1. The number of nitrogens with two attached hydrogens (primary N) is 1. The number of hydrazine groups is 1. The molecule has 0 aliphatic heterocycles. The van der Waals surface area contributed by atoms with Crippen molar-refractivity contribution in [2.24, 2.45) is 5.84 Å². The van der Waals surface area contributed by atoms with E-state index < -0.39 is 0 Å². The van der Waals surface area contributed by atoms with Gasteiger partial charge in [-0.15, -0.1) is 11.3 Å². The first kappa shape index (κ1) is 13.2. The van der Waals surface area contributed by atoms with Crippen LogP contribution < -0.4 is 11.3 Å². The highest BCUT2D eigenvalue weighted by molar-refractivity contribution is 14.1. The van der Waals surface area contributed by atoms with Crippen molar-refractivity contribution < 1.29 is 4.39 Å². The number of rotatable bonds is 3. The highest BCUT2D eigenvalue weighted by atomic mass is 127. The summed E-state index contributed by atoms with van der Waals surface area (Å²) in [6.07, 6.45) is 0. The van der Waals surface area contributed by atoms with E-state index >= 15 is 0 Å². The van der Waals surface area contributed by atoms with Crippen molar-refractivity contribution in [1.29, 1.82) is 0 Å². The van der Waals surface area contributed by atoms with Crippen LogP contribution in [0.2, 0.25) is 5.02 Å². The van der Waals surface area contributed by atoms with Crippen LogP contribution >= 0.6 is 45.5 Å². The lowest BCUT2D eigenvalue weighted by molar-refractivity contribution is 0.606. The standard InChI is InChI=1S/C11H9ClFIN2S/c12-9-2-1-7(13)4-8(9)11(16-15)6-3-10(14)17-5-6/h1-5,11,16H,15H2. The molecule has 0 bridgehead atoms. The quantitative estimate of drug-likeness (QED) is 0.483. The predicted octanol–water partition coefficient (Wildman–Crippen LogP) is 3.70. The van der Waals surface area contributed by atoms with E-state index in [9.17, 15) is 4.39 Å². The van der Waals surface area contributed by atoms with E-state index in [0.717, 1.165) is 8.45 Å². The van der Waals surface area contributed by atoms with Crippen molar-refractivity contribution in [1.82, 2.24) is 5.43 Å². The number of halogens is 3. The molecule has 1 unspecified atom stereocenters. The van der Waals surface area contributed by atoms with Gasteiger partial charge in [-0.2, -0.15) is 0 Å². The van der Waals surface area contributed by atoms with Crippen LogP contribution in [0, 0.1) is 8.70 Å². The second-order valence-corrected chi connectivity index (χ2v) is 6.66. The van der Waals surface area contributed by atoms with Gasteiger partial charge >= 0.3 is 0 Å². The van der Waals surface area contributed by atoms with E-state index in [-0.39, 0.29) is 11.9 Å². The molecule has 2 nitrogen and oxygen atoms in total. The number of nitrogens with one attached hydrogen (secondary N) is 1. The minimum absolute atomic E-state index is 0.294. The Morgan fingerprint density at radius 3 is 2.76 bits per heavy atom. The van der Waals surface area contributed by atoms with E-state index in [1.807, 2.05) is 11.4 Å². The lowest BCUT2D eigenvalue weighted by atomic mass is 10.0. The van der Waals surface area contributed by atoms with Crippen LogP contribution in [-0.2, 0) is 0 Å². The zero-order valence-corrected chi connectivity index (χ0v) is 12.3. The molecule has 1 aromatic heterocycles. The molecule has 0 aliphatic carbocycles. The van der Waals surface area contributed by atoms with Gasteiger partial charge in [-0.3, -0.25) is 5.84 Å². The third-order valence-electron chi connectivity index (χ3n) is 2.36. The molecule has 2 aromatic rings. The molecule has 0 fully saturated rings. The smallest absolute Gasteiger partial charge is 0.123 e. The van der Waals surface area contributed by atoms with Gasteiger partial charge < -0.3 is 0 Å². The maximum absolute atomic E-state index is 13.2. The van der Waals surface area contributed by atoms with Crippen LogP contribution in [0.3, 0.4) is 0 Å². The first-order valence-corrected chi connectivity index (χ1v) is 7.10. The van der Waals surface area contributed by atoms with Gasteiger partial charge in [0.2, 0.25) is 0 Å². The Kier molecular flexibility index (Phi) is 4.37. The van der Waals surface area contributed by atoms with Crippen LogP contribution in [0.15, 0.2) is 29.6 Å². The maximum atomic E-state index is 13.2. The number of hydrogen-bond donors (Lipinski definition) is 2. The Morgan fingerprint density at radius 2 is 2.18 bits per heavy atom. The van der Waals surface area contributed by atoms with Crippen LogP contribution in [0.5, 0.6) is 0 Å². The summed E-state index contributed by atoms with van der Waals surface area (Å²) < 4.78 is 14.4. The molecule has 3 N–H and O–H groups in total. The Morgan fingerprint density at radius 1 is 1.41 bits per heavy atom. The minimum Gasteiger partial charge on any atom is -0.271 e. The molecule has 0 radical (unpaired) electrons. The predicted molar refractivity (Wildman–Crippen MR) is 77.6 cm³/mol. The van der Waals surface area contributed by atoms with Crippen molar-refractivity contribution in [2.75, 3.05) is 0 Å². The van der Waals surface area contributed by atoms with E-state index in [1.165, 1.54) is 18.2 Å². The van der Waals surface area contributed by atoms with Crippen LogP contribution in [-0.4, -0.2) is 0 Å². The van der Waals surface area contributed by atoms with Gasteiger partial charge in [-0.25, -0.2) is 9.82 Å². The molecule has 0 amide bonds. The molecule has 1 atom stereocenters. The summed E-state index contributed by atoms with van der Waals surface area (Å²) >= 11 is 9.90. The highest BCUT2D eigenvalue weighted by Gasteiger charge is 2.17. The second kappa shape index (κ2) is 5.62. The summed E-state index contributed by atoms with van der Waals surface area (Å²) in [5.74, 6) is 5.21. The summed E-state index contributed by atoms with van der Waals surface area (Å²) in [6.45, 7) is 0. The van der Waals surface area contributed by atoms with Crippen molar-refractivity contribution in [2.45, 2.75) is 6.04 Å². The average molecular weight is 383 g/mol. The van der Waals surface area contributed by atoms with Crippen LogP contribution in [0.25, 0.3) is 0 Å². The normalized spacial score (nSPS) is 12.7. The molecular weight excluding hydrogens is 374 g/mol. The fourth-order valence-corrected chi connectivity index (χ4v) is 3.20. The lowest BCUT2D eigenvalue weighted by Gasteiger charge is -2.16. The minimum atomic E-state index is -0.324. The fraction of sp³-hybridized carbons (Fsp3) is 0.0909. The molecular formula is C11H9ClFIN2S. The lowest BCUT2D eigenvalue weighted by Crippen LogP contribution is -2.28. The Balaban J connectivity index is 2.45. The maximum Gasteiger partial charge on any atom is 0.123 e. The van der Waals surface area contributed by atoms with Gasteiger partial charge in [0.1, 0.15) is 5.82 Å². The first-order valence-electron chi connectivity index (χ1n) is 4.77. The van der Waals surface area contributed by atoms with Crippen molar-refractivity contribution in [3.05, 3.63) is 54.5 Å². The number of thiophene rings is 1. The molecule has 0 saturated carbocycles. The van der Waals surface area contributed by atoms with Gasteiger partial charge in [0.15, 0.2) is 0 Å². The zero-order valence-electron chi connectivity index (χ0n) is 8.58. The van der Waals surface area contributed by atoms with Crippen molar-refractivity contribution >= 4 is 45.5 Å². The van der Waals surface area contributed by atoms with Gasteiger partial charge in [-0.1, -0.05) is 11.6 Å². The molecule has 0 spiro atoms. The molecule has 1 heterocycles. The SMILES string of the molecule is NNC(c1csc(I)c1)c1cc(F)ccc1Cl. The van der Waals surface area contributed by atoms with Crippen LogP contribution in [0.4, 0.5) is 4.39 Å². The third-order valence-corrected chi connectivity index (χ3v) is 4.51. The van der Waals surface area contributed by atoms with E-state index in [4.69, 9.17) is 17.4 Å². The molecule has 0 saturated heterocycles. The summed E-state index contributed by atoms with van der Waals surface area (Å²) in [6, 6.07) is 5.97. The van der Waals surface area contributed by atoms with Crippen molar-refractivity contribution in [3.8, 4) is 0 Å². The topological polar surface area (TPSA) is 38.0 Å². The summed E-state index contributed by atoms with van der Waals surface area (Å²) in [7, 11) is 0. The Bertz CT molecular complexity index is 532. The number of hydrogen-bond acceptors (Lipinski definition) is 3. The van der Waals surface area contributed by atoms with E-state index in [2.05, 4.69) is 28.0 Å². The highest BCUT2D eigenvalue weighted by Crippen LogP contribution is 2.31. The van der Waals surface area contributed by atoms with Gasteiger partial charge in [0.25, 0.3) is 0 Å². The largest absolute Gasteiger partial charge is 0.271 e. The molecule has 2 rings (SSSR count). The molecule has 90 valence electrons. The van der Waals surface area contributed by atoms with Gasteiger partial charge in [0.05, 0.1) is 8.93 Å². The molecule has 6 heteroatoms. The monoisotopic (exact) mass is 382 g/mol. The van der Waals surface area contributed by atoms with Gasteiger partial charge in [-0.05, 0) is 63.4 Å². The van der Waals surface area contributed by atoms with Crippen molar-refractivity contribution in [3.63, 3.8) is 0 Å². The Labute approximate surface area is 121 Å². The molecule has 1 aromatic carbocycles. The van der Waals surface area contributed by atoms with Crippen LogP contribution in [0.1, 0.15) is 17.2 Å². The summed E-state index contributed by atoms with van der Waals surface area (Å²) in [5.41, 5.74) is 4.29. The second-order valence-electron chi connectivity index (χ2n) is 3.45. The van der Waals surface area contributed by atoms with E-state index in [1.54, 1.807) is 11.3 Å². The molecule has 0 aliphatic rings. The Hall–Kier alpha value is -0.210. The summed E-state index contributed by atoms with van der Waals surface area (Å²) in [5, 5.41) is 2.48. The van der Waals surface area contributed by atoms with Gasteiger partial charge in [0, 0.05) is 5.02 Å². The third kappa shape index (κ3) is 2.97. The van der Waals surface area contributed by atoms with E-state index in [0.29, 0.717) is 10.6 Å². The average Bonchev–Trinajstić information content (AvgIpc) is 2.71. The summed E-state index contributed by atoms with van der Waals surface area (Å²) in [4.78, 5) is 0. The fourth-order valence-electron chi connectivity index (χ4n) is 1.58. The zero-order chi connectivity index (χ0) is 12.4.